The van der Waals surface area contributed by atoms with Gasteiger partial charge in [0.1, 0.15) is 0 Å². The molecule has 1 heterocycles. The standard InChI is InChI=1S/C24H20N2/c1-3-9-18(10-4-1)26(19-11-5-2-6-12-19)20-15-16-24-22(17-20)21-13-7-8-14-23(21)25-24/h1-7,9-13,15-17,25H,8,14H2. The summed E-state index contributed by atoms with van der Waals surface area (Å²) in [5.41, 5.74) is 7.41. The summed E-state index contributed by atoms with van der Waals surface area (Å²) in [5.74, 6) is 0. The molecule has 2 nitrogen and oxygen atoms in total. The maximum atomic E-state index is 3.59. The van der Waals surface area contributed by atoms with Gasteiger partial charge in [-0.3, -0.25) is 0 Å². The maximum Gasteiger partial charge on any atom is 0.0469 e. The van der Waals surface area contributed by atoms with Crippen LogP contribution >= 0.6 is 0 Å². The van der Waals surface area contributed by atoms with Crippen molar-refractivity contribution in [1.82, 2.24) is 4.98 Å². The normalized spacial score (nSPS) is 12.9. The lowest BCUT2D eigenvalue weighted by molar-refractivity contribution is 0.951. The van der Waals surface area contributed by atoms with E-state index in [4.69, 9.17) is 0 Å². The van der Waals surface area contributed by atoms with E-state index >= 15 is 0 Å². The molecule has 0 fully saturated rings. The van der Waals surface area contributed by atoms with Gasteiger partial charge in [0.25, 0.3) is 0 Å². The molecule has 2 heteroatoms. The number of nitrogens with one attached hydrogen (secondary N) is 1. The van der Waals surface area contributed by atoms with Crippen LogP contribution in [0.15, 0.2) is 84.9 Å². The third-order valence-corrected chi connectivity index (χ3v) is 5.04. The van der Waals surface area contributed by atoms with Crippen LogP contribution in [0.2, 0.25) is 0 Å². The molecule has 0 saturated carbocycles. The fourth-order valence-electron chi connectivity index (χ4n) is 3.81. The number of aryl methyl sites for hydroxylation is 1. The number of fused-ring (bicyclic) bond motifs is 3. The Hall–Kier alpha value is -3.26. The molecule has 4 aromatic rings. The first-order chi connectivity index (χ1) is 12.9. The predicted molar refractivity (Wildman–Crippen MR) is 110 cm³/mol. The van der Waals surface area contributed by atoms with Gasteiger partial charge in [-0.05, 0) is 55.3 Å². The third-order valence-electron chi connectivity index (χ3n) is 5.04. The summed E-state index contributed by atoms with van der Waals surface area (Å²) in [6.45, 7) is 0. The van der Waals surface area contributed by atoms with Gasteiger partial charge in [0.05, 0.1) is 0 Å². The van der Waals surface area contributed by atoms with Crippen molar-refractivity contribution >= 4 is 34.0 Å². The second kappa shape index (κ2) is 6.23. The van der Waals surface area contributed by atoms with E-state index in [-0.39, 0.29) is 0 Å². The molecule has 0 spiro atoms. The van der Waals surface area contributed by atoms with Gasteiger partial charge in [0.2, 0.25) is 0 Å². The predicted octanol–water partition coefficient (Wildman–Crippen LogP) is 6.60. The van der Waals surface area contributed by atoms with Crippen LogP contribution in [-0.2, 0) is 6.42 Å². The molecule has 1 N–H and O–H groups in total. The lowest BCUT2D eigenvalue weighted by Crippen LogP contribution is -2.09. The number of aromatic nitrogens is 1. The number of benzene rings is 3. The van der Waals surface area contributed by atoms with Gasteiger partial charge in [0, 0.05) is 39.2 Å². The second-order valence-corrected chi connectivity index (χ2v) is 6.69. The molecule has 1 aliphatic carbocycles. The Balaban J connectivity index is 1.71. The highest BCUT2D eigenvalue weighted by molar-refractivity contribution is 5.95. The topological polar surface area (TPSA) is 19.0 Å². The molecular weight excluding hydrogens is 316 g/mol. The Kier molecular flexibility index (Phi) is 3.60. The summed E-state index contributed by atoms with van der Waals surface area (Å²) < 4.78 is 0. The number of hydrogen-bond acceptors (Lipinski definition) is 1. The number of hydrogen-bond donors (Lipinski definition) is 1. The van der Waals surface area contributed by atoms with E-state index < -0.39 is 0 Å². The molecule has 0 unspecified atom stereocenters. The van der Waals surface area contributed by atoms with Crippen LogP contribution < -0.4 is 4.90 Å². The van der Waals surface area contributed by atoms with Gasteiger partial charge in [0.15, 0.2) is 0 Å². The van der Waals surface area contributed by atoms with Gasteiger partial charge in [-0.1, -0.05) is 48.6 Å². The van der Waals surface area contributed by atoms with E-state index in [2.05, 4.69) is 101 Å². The minimum absolute atomic E-state index is 1.09. The Labute approximate surface area is 153 Å². The van der Waals surface area contributed by atoms with Crippen molar-refractivity contribution < 1.29 is 0 Å². The van der Waals surface area contributed by atoms with Gasteiger partial charge >= 0.3 is 0 Å². The highest BCUT2D eigenvalue weighted by Crippen LogP contribution is 2.37. The van der Waals surface area contributed by atoms with Crippen LogP contribution in [0, 0.1) is 0 Å². The van der Waals surface area contributed by atoms with Crippen molar-refractivity contribution in [3.63, 3.8) is 0 Å². The largest absolute Gasteiger partial charge is 0.358 e. The maximum absolute atomic E-state index is 3.59. The monoisotopic (exact) mass is 336 g/mol. The van der Waals surface area contributed by atoms with Gasteiger partial charge < -0.3 is 9.88 Å². The highest BCUT2D eigenvalue weighted by atomic mass is 15.1. The minimum Gasteiger partial charge on any atom is -0.358 e. The first-order valence-electron chi connectivity index (χ1n) is 9.11. The van der Waals surface area contributed by atoms with Crippen LogP contribution in [0.1, 0.15) is 17.7 Å². The zero-order valence-electron chi connectivity index (χ0n) is 14.5. The number of allylic oxidation sites excluding steroid dienone is 1. The number of H-pyrrole nitrogens is 1. The van der Waals surface area contributed by atoms with E-state index in [1.807, 2.05) is 0 Å². The van der Waals surface area contributed by atoms with Crippen molar-refractivity contribution in [2.75, 3.05) is 4.90 Å². The summed E-state index contributed by atoms with van der Waals surface area (Å²) in [6.07, 6.45) is 6.75. The number of rotatable bonds is 3. The molecule has 0 saturated heterocycles. The molecule has 0 atom stereocenters. The zero-order valence-corrected chi connectivity index (χ0v) is 14.5. The molecule has 5 rings (SSSR count). The molecule has 0 aliphatic heterocycles. The Morgan fingerprint density at radius 3 is 2.12 bits per heavy atom. The van der Waals surface area contributed by atoms with Crippen molar-refractivity contribution in [3.05, 3.63) is 96.2 Å². The molecule has 1 aromatic heterocycles. The Bertz CT molecular complexity index is 1040. The number of anilines is 3. The zero-order chi connectivity index (χ0) is 17.3. The SMILES string of the molecule is C1=Cc2c([nH]c3ccc(N(c4ccccc4)c4ccccc4)cc23)CC1. The Morgan fingerprint density at radius 1 is 0.731 bits per heavy atom. The fraction of sp³-hybridized carbons (Fsp3) is 0.0833. The van der Waals surface area contributed by atoms with E-state index in [0.29, 0.717) is 0 Å². The van der Waals surface area contributed by atoms with Crippen LogP contribution in [0.5, 0.6) is 0 Å². The highest BCUT2D eigenvalue weighted by Gasteiger charge is 2.16. The van der Waals surface area contributed by atoms with Crippen LogP contribution in [-0.4, -0.2) is 4.98 Å². The first kappa shape index (κ1) is 15.0. The lowest BCUT2D eigenvalue weighted by atomic mass is 10.0. The number of para-hydroxylation sites is 2. The molecule has 26 heavy (non-hydrogen) atoms. The molecule has 3 aromatic carbocycles. The third kappa shape index (κ3) is 2.51. The van der Waals surface area contributed by atoms with Crippen molar-refractivity contribution in [2.24, 2.45) is 0 Å². The van der Waals surface area contributed by atoms with Gasteiger partial charge in [-0.2, -0.15) is 0 Å². The van der Waals surface area contributed by atoms with Crippen LogP contribution in [0.4, 0.5) is 17.1 Å². The quantitative estimate of drug-likeness (QED) is 0.447. The van der Waals surface area contributed by atoms with E-state index in [1.165, 1.54) is 27.8 Å². The Morgan fingerprint density at radius 2 is 1.42 bits per heavy atom. The number of nitrogens with zero attached hydrogens (tertiary/aromatic N) is 1. The molecule has 1 aliphatic rings. The fourth-order valence-corrected chi connectivity index (χ4v) is 3.81. The van der Waals surface area contributed by atoms with Crippen molar-refractivity contribution in [3.8, 4) is 0 Å². The lowest BCUT2D eigenvalue weighted by Gasteiger charge is -2.25. The first-order valence-corrected chi connectivity index (χ1v) is 9.11. The molecule has 0 bridgehead atoms. The summed E-state index contributed by atoms with van der Waals surface area (Å²) in [6, 6.07) is 27.8. The van der Waals surface area contributed by atoms with E-state index in [1.54, 1.807) is 0 Å². The molecular formula is C24H20N2. The van der Waals surface area contributed by atoms with Gasteiger partial charge in [-0.15, -0.1) is 0 Å². The summed E-state index contributed by atoms with van der Waals surface area (Å²) >= 11 is 0. The van der Waals surface area contributed by atoms with Crippen molar-refractivity contribution in [1.29, 1.82) is 0 Å². The van der Waals surface area contributed by atoms with Crippen molar-refractivity contribution in [2.45, 2.75) is 12.8 Å². The average molecular weight is 336 g/mol. The second-order valence-electron chi connectivity index (χ2n) is 6.69. The van der Waals surface area contributed by atoms with Crippen LogP contribution in [0.3, 0.4) is 0 Å². The van der Waals surface area contributed by atoms with E-state index in [9.17, 15) is 0 Å². The van der Waals surface area contributed by atoms with Gasteiger partial charge in [-0.25, -0.2) is 0 Å². The minimum atomic E-state index is 1.09. The molecule has 126 valence electrons. The summed E-state index contributed by atoms with van der Waals surface area (Å²) in [7, 11) is 0. The van der Waals surface area contributed by atoms with Crippen LogP contribution in [0.25, 0.3) is 17.0 Å². The summed E-state index contributed by atoms with van der Waals surface area (Å²) in [5, 5.41) is 1.30. The smallest absolute Gasteiger partial charge is 0.0469 e. The number of aromatic amines is 1. The summed E-state index contributed by atoms with van der Waals surface area (Å²) in [4.78, 5) is 5.90. The molecule has 0 amide bonds. The molecule has 0 radical (unpaired) electrons. The average Bonchev–Trinajstić information content (AvgIpc) is 3.08. The van der Waals surface area contributed by atoms with E-state index in [0.717, 1.165) is 24.2 Å².